The SMILES string of the molecule is COc1ccc(-c2coc3cc(OCCN4CCN(c5ccccc5)CC4)ccc3c2=O)cc1OC. The van der Waals surface area contributed by atoms with E-state index in [2.05, 4.69) is 34.1 Å². The van der Waals surface area contributed by atoms with Gasteiger partial charge in [0.05, 0.1) is 25.2 Å². The number of nitrogens with zero attached hydrogens (tertiary/aromatic N) is 2. The van der Waals surface area contributed by atoms with E-state index < -0.39 is 0 Å². The molecule has 0 atom stereocenters. The maximum atomic E-state index is 13.2. The van der Waals surface area contributed by atoms with Crippen LogP contribution in [0.4, 0.5) is 5.69 Å². The van der Waals surface area contributed by atoms with Crippen LogP contribution in [0.3, 0.4) is 0 Å². The highest BCUT2D eigenvalue weighted by Crippen LogP contribution is 2.32. The lowest BCUT2D eigenvalue weighted by atomic mass is 10.0. The third-order valence-corrected chi connectivity index (χ3v) is 6.61. The first-order chi connectivity index (χ1) is 17.7. The highest BCUT2D eigenvalue weighted by molar-refractivity contribution is 5.83. The Bertz CT molecular complexity index is 1380. The number of methoxy groups -OCH3 is 2. The first-order valence-electron chi connectivity index (χ1n) is 12.1. The molecule has 186 valence electrons. The van der Waals surface area contributed by atoms with E-state index in [0.29, 0.717) is 46.0 Å². The number of piperazine rings is 1. The lowest BCUT2D eigenvalue weighted by molar-refractivity contribution is 0.200. The molecule has 0 amide bonds. The molecule has 0 spiro atoms. The molecule has 1 fully saturated rings. The fourth-order valence-corrected chi connectivity index (χ4v) is 4.56. The Labute approximate surface area is 210 Å². The second-order valence-corrected chi connectivity index (χ2v) is 8.72. The zero-order chi connectivity index (χ0) is 24.9. The van der Waals surface area contributed by atoms with Crippen molar-refractivity contribution in [3.05, 3.63) is 83.2 Å². The summed E-state index contributed by atoms with van der Waals surface area (Å²) >= 11 is 0. The summed E-state index contributed by atoms with van der Waals surface area (Å²) in [5.74, 6) is 1.85. The summed E-state index contributed by atoms with van der Waals surface area (Å²) in [7, 11) is 3.14. The topological polar surface area (TPSA) is 64.4 Å². The number of anilines is 1. The first kappa shape index (κ1) is 23.8. The number of ether oxygens (including phenoxy) is 3. The number of hydrogen-bond donors (Lipinski definition) is 0. The minimum absolute atomic E-state index is 0.105. The number of para-hydroxylation sites is 1. The molecule has 4 aromatic rings. The molecule has 7 heteroatoms. The molecule has 5 rings (SSSR count). The molecule has 7 nitrogen and oxygen atoms in total. The highest BCUT2D eigenvalue weighted by atomic mass is 16.5. The molecule has 0 unspecified atom stereocenters. The average molecular weight is 487 g/mol. The fraction of sp³-hybridized carbons (Fsp3) is 0.276. The molecule has 0 saturated carbocycles. The molecule has 0 radical (unpaired) electrons. The molecule has 0 N–H and O–H groups in total. The van der Waals surface area contributed by atoms with Gasteiger partial charge in [-0.25, -0.2) is 0 Å². The average Bonchev–Trinajstić information content (AvgIpc) is 2.94. The predicted octanol–water partition coefficient (Wildman–Crippen LogP) is 4.68. The molecule has 3 aromatic carbocycles. The molecular formula is C29H30N2O5. The van der Waals surface area contributed by atoms with Crippen LogP contribution >= 0.6 is 0 Å². The molecular weight excluding hydrogens is 456 g/mol. The largest absolute Gasteiger partial charge is 0.493 e. The van der Waals surface area contributed by atoms with Crippen molar-refractivity contribution in [3.63, 3.8) is 0 Å². The van der Waals surface area contributed by atoms with E-state index in [1.807, 2.05) is 18.2 Å². The smallest absolute Gasteiger partial charge is 0.200 e. The van der Waals surface area contributed by atoms with E-state index in [0.717, 1.165) is 32.7 Å². The Balaban J connectivity index is 1.21. The van der Waals surface area contributed by atoms with E-state index in [9.17, 15) is 4.79 Å². The number of rotatable bonds is 8. The summed E-state index contributed by atoms with van der Waals surface area (Å²) in [4.78, 5) is 18.0. The second-order valence-electron chi connectivity index (χ2n) is 8.72. The summed E-state index contributed by atoms with van der Waals surface area (Å²) < 4.78 is 22.5. The van der Waals surface area contributed by atoms with Crippen LogP contribution in [-0.4, -0.2) is 58.5 Å². The zero-order valence-corrected chi connectivity index (χ0v) is 20.6. The molecule has 1 aliphatic heterocycles. The Kier molecular flexibility index (Phi) is 7.09. The third kappa shape index (κ3) is 5.02. The van der Waals surface area contributed by atoms with Crippen LogP contribution in [0.25, 0.3) is 22.1 Å². The number of fused-ring (bicyclic) bond motifs is 1. The molecule has 1 aliphatic rings. The van der Waals surface area contributed by atoms with Crippen molar-refractivity contribution in [2.75, 3.05) is 58.5 Å². The third-order valence-electron chi connectivity index (χ3n) is 6.61. The maximum Gasteiger partial charge on any atom is 0.200 e. The first-order valence-corrected chi connectivity index (χ1v) is 12.1. The van der Waals surface area contributed by atoms with Gasteiger partial charge in [0, 0.05) is 44.5 Å². The van der Waals surface area contributed by atoms with Gasteiger partial charge in [-0.15, -0.1) is 0 Å². The van der Waals surface area contributed by atoms with E-state index in [1.165, 1.54) is 12.0 Å². The van der Waals surface area contributed by atoms with E-state index in [1.54, 1.807) is 38.5 Å². The van der Waals surface area contributed by atoms with E-state index in [-0.39, 0.29) is 5.43 Å². The molecule has 1 aromatic heterocycles. The van der Waals surface area contributed by atoms with Gasteiger partial charge in [-0.3, -0.25) is 9.69 Å². The molecule has 0 bridgehead atoms. The van der Waals surface area contributed by atoms with Crippen molar-refractivity contribution in [1.82, 2.24) is 4.90 Å². The summed E-state index contributed by atoms with van der Waals surface area (Å²) in [6.45, 7) is 5.45. The van der Waals surface area contributed by atoms with Gasteiger partial charge in [0.2, 0.25) is 0 Å². The van der Waals surface area contributed by atoms with Gasteiger partial charge < -0.3 is 23.5 Å². The summed E-state index contributed by atoms with van der Waals surface area (Å²) in [6.07, 6.45) is 1.49. The fourth-order valence-electron chi connectivity index (χ4n) is 4.56. The Hall–Kier alpha value is -3.97. The van der Waals surface area contributed by atoms with E-state index >= 15 is 0 Å². The van der Waals surface area contributed by atoms with Crippen molar-refractivity contribution in [2.45, 2.75) is 0 Å². The molecule has 1 saturated heterocycles. The Morgan fingerprint density at radius 3 is 2.39 bits per heavy atom. The maximum absolute atomic E-state index is 13.2. The van der Waals surface area contributed by atoms with Crippen LogP contribution < -0.4 is 24.5 Å². The van der Waals surface area contributed by atoms with Crippen LogP contribution in [0.15, 0.2) is 82.2 Å². The van der Waals surface area contributed by atoms with Crippen molar-refractivity contribution >= 4 is 16.7 Å². The van der Waals surface area contributed by atoms with E-state index in [4.69, 9.17) is 18.6 Å². The Morgan fingerprint density at radius 1 is 0.861 bits per heavy atom. The summed E-state index contributed by atoms with van der Waals surface area (Å²) in [6, 6.07) is 21.3. The summed E-state index contributed by atoms with van der Waals surface area (Å²) in [5, 5.41) is 0.506. The van der Waals surface area contributed by atoms with Crippen molar-refractivity contribution in [3.8, 4) is 28.4 Å². The van der Waals surface area contributed by atoms with Gasteiger partial charge in [0.1, 0.15) is 24.2 Å². The Morgan fingerprint density at radius 2 is 1.64 bits per heavy atom. The normalized spacial score (nSPS) is 14.1. The highest BCUT2D eigenvalue weighted by Gasteiger charge is 2.17. The molecule has 36 heavy (non-hydrogen) atoms. The van der Waals surface area contributed by atoms with Crippen LogP contribution in [0.1, 0.15) is 0 Å². The van der Waals surface area contributed by atoms with Crippen LogP contribution in [0.5, 0.6) is 17.2 Å². The van der Waals surface area contributed by atoms with Gasteiger partial charge in [0.15, 0.2) is 16.9 Å². The second kappa shape index (κ2) is 10.7. The van der Waals surface area contributed by atoms with Gasteiger partial charge in [-0.2, -0.15) is 0 Å². The molecule has 2 heterocycles. The monoisotopic (exact) mass is 486 g/mol. The van der Waals surface area contributed by atoms with Crippen LogP contribution in [0.2, 0.25) is 0 Å². The lowest BCUT2D eigenvalue weighted by Gasteiger charge is -2.36. The predicted molar refractivity (Wildman–Crippen MR) is 142 cm³/mol. The lowest BCUT2D eigenvalue weighted by Crippen LogP contribution is -2.47. The van der Waals surface area contributed by atoms with Crippen LogP contribution in [-0.2, 0) is 0 Å². The van der Waals surface area contributed by atoms with Gasteiger partial charge in [-0.05, 0) is 42.0 Å². The summed E-state index contributed by atoms with van der Waals surface area (Å²) in [5.41, 5.74) is 2.84. The minimum atomic E-state index is -0.105. The standard InChI is InChI=1S/C29H30N2O5/c1-33-26-11-8-21(18-28(26)34-2)25-20-36-27-19-23(9-10-24(27)29(25)32)35-17-16-30-12-14-31(15-13-30)22-6-4-3-5-7-22/h3-11,18-20H,12-17H2,1-2H3. The number of benzene rings is 3. The van der Waals surface area contributed by atoms with Crippen molar-refractivity contribution < 1.29 is 18.6 Å². The quantitative estimate of drug-likeness (QED) is 0.358. The minimum Gasteiger partial charge on any atom is -0.493 e. The van der Waals surface area contributed by atoms with Crippen molar-refractivity contribution in [2.24, 2.45) is 0 Å². The molecule has 0 aliphatic carbocycles. The number of hydrogen-bond acceptors (Lipinski definition) is 7. The van der Waals surface area contributed by atoms with Crippen LogP contribution in [0, 0.1) is 0 Å². The van der Waals surface area contributed by atoms with Gasteiger partial charge in [-0.1, -0.05) is 24.3 Å². The van der Waals surface area contributed by atoms with Gasteiger partial charge >= 0.3 is 0 Å². The van der Waals surface area contributed by atoms with Gasteiger partial charge in [0.25, 0.3) is 0 Å². The van der Waals surface area contributed by atoms with Crippen molar-refractivity contribution in [1.29, 1.82) is 0 Å². The zero-order valence-electron chi connectivity index (χ0n) is 20.6.